The number of hydrogen-bond acceptors (Lipinski definition) is 4. The Kier molecular flexibility index (Phi) is 6.28. The Morgan fingerprint density at radius 1 is 1.17 bits per heavy atom. The first-order valence-electron chi connectivity index (χ1n) is 4.13. The van der Waals surface area contributed by atoms with Gasteiger partial charge in [0.25, 0.3) is 0 Å². The molecule has 0 rings (SSSR count). The summed E-state index contributed by atoms with van der Waals surface area (Å²) in [5.74, 6) is -0.263. The highest BCUT2D eigenvalue weighted by molar-refractivity contribution is 4.54. The monoisotopic (exact) mass is 178 g/mol. The van der Waals surface area contributed by atoms with Crippen LogP contribution in [0.4, 0.5) is 0 Å². The van der Waals surface area contributed by atoms with Crippen LogP contribution in [0.15, 0.2) is 0 Å². The summed E-state index contributed by atoms with van der Waals surface area (Å²) < 4.78 is 4.98. The van der Waals surface area contributed by atoms with Crippen LogP contribution in [0.1, 0.15) is 13.8 Å². The minimum absolute atomic E-state index is 0.0190. The minimum Gasteiger partial charge on any atom is -0.396 e. The molecule has 74 valence electrons. The van der Waals surface area contributed by atoms with Crippen molar-refractivity contribution in [3.8, 4) is 0 Å². The number of aliphatic hydroxyl groups excluding tert-OH is 3. The SMILES string of the molecule is CC(CO)COC(O)C(C)CO. The molecule has 0 aliphatic carbocycles. The Bertz CT molecular complexity index is 107. The molecule has 4 nitrogen and oxygen atoms in total. The summed E-state index contributed by atoms with van der Waals surface area (Å²) >= 11 is 0. The molecular formula is C8H18O4. The van der Waals surface area contributed by atoms with Gasteiger partial charge in [0.05, 0.1) is 13.2 Å². The molecule has 0 fully saturated rings. The number of ether oxygens (including phenoxy) is 1. The average molecular weight is 178 g/mol. The maximum Gasteiger partial charge on any atom is 0.159 e. The first-order chi connectivity index (χ1) is 5.61. The molecule has 0 amide bonds. The van der Waals surface area contributed by atoms with Crippen LogP contribution in [0.5, 0.6) is 0 Å². The Hall–Kier alpha value is -0.160. The lowest BCUT2D eigenvalue weighted by atomic mass is 10.2. The lowest BCUT2D eigenvalue weighted by Gasteiger charge is -2.18. The van der Waals surface area contributed by atoms with Crippen molar-refractivity contribution in [1.29, 1.82) is 0 Å². The van der Waals surface area contributed by atoms with Gasteiger partial charge >= 0.3 is 0 Å². The number of aliphatic hydroxyl groups is 3. The third-order valence-electron chi connectivity index (χ3n) is 1.64. The predicted octanol–water partition coefficient (Wildman–Crippen LogP) is -0.422. The largest absolute Gasteiger partial charge is 0.396 e. The molecule has 3 unspecified atom stereocenters. The van der Waals surface area contributed by atoms with Crippen LogP contribution in [0.3, 0.4) is 0 Å². The Morgan fingerprint density at radius 2 is 1.75 bits per heavy atom. The van der Waals surface area contributed by atoms with E-state index >= 15 is 0 Å². The van der Waals surface area contributed by atoms with Crippen LogP contribution in [-0.2, 0) is 4.74 Å². The van der Waals surface area contributed by atoms with E-state index in [1.165, 1.54) is 0 Å². The summed E-state index contributed by atoms with van der Waals surface area (Å²) in [7, 11) is 0. The standard InChI is InChI=1S/C8H18O4/c1-6(3-9)5-12-8(11)7(2)4-10/h6-11H,3-5H2,1-2H3. The molecule has 0 bridgehead atoms. The molecule has 0 saturated carbocycles. The van der Waals surface area contributed by atoms with Crippen molar-refractivity contribution >= 4 is 0 Å². The van der Waals surface area contributed by atoms with Crippen molar-refractivity contribution in [1.82, 2.24) is 0 Å². The second-order valence-corrected chi connectivity index (χ2v) is 3.17. The molecule has 0 aromatic rings. The summed E-state index contributed by atoms with van der Waals surface area (Å²) in [4.78, 5) is 0. The highest BCUT2D eigenvalue weighted by atomic mass is 16.6. The topological polar surface area (TPSA) is 69.9 Å². The summed E-state index contributed by atoms with van der Waals surface area (Å²) in [6.07, 6.45) is -0.941. The molecule has 0 saturated heterocycles. The third-order valence-corrected chi connectivity index (χ3v) is 1.64. The first-order valence-corrected chi connectivity index (χ1v) is 4.13. The maximum atomic E-state index is 9.20. The molecule has 0 aromatic heterocycles. The van der Waals surface area contributed by atoms with Crippen molar-refractivity contribution in [3.63, 3.8) is 0 Å². The zero-order chi connectivity index (χ0) is 9.56. The zero-order valence-electron chi connectivity index (χ0n) is 7.60. The van der Waals surface area contributed by atoms with Crippen LogP contribution in [0, 0.1) is 11.8 Å². The zero-order valence-corrected chi connectivity index (χ0v) is 7.60. The number of hydrogen-bond donors (Lipinski definition) is 3. The quantitative estimate of drug-likeness (QED) is 0.483. The van der Waals surface area contributed by atoms with Crippen molar-refractivity contribution in [3.05, 3.63) is 0 Å². The van der Waals surface area contributed by atoms with Gasteiger partial charge in [-0.3, -0.25) is 0 Å². The summed E-state index contributed by atoms with van der Waals surface area (Å²) in [5.41, 5.74) is 0. The molecule has 0 aliphatic rings. The molecule has 3 N–H and O–H groups in total. The highest BCUT2D eigenvalue weighted by Gasteiger charge is 2.14. The van der Waals surface area contributed by atoms with Crippen molar-refractivity contribution in [2.75, 3.05) is 19.8 Å². The second kappa shape index (κ2) is 6.37. The fourth-order valence-corrected chi connectivity index (χ4v) is 0.570. The fourth-order valence-electron chi connectivity index (χ4n) is 0.570. The van der Waals surface area contributed by atoms with E-state index in [2.05, 4.69) is 0 Å². The van der Waals surface area contributed by atoms with E-state index in [-0.39, 0.29) is 25.0 Å². The molecule has 3 atom stereocenters. The van der Waals surface area contributed by atoms with Crippen LogP contribution in [-0.4, -0.2) is 41.4 Å². The van der Waals surface area contributed by atoms with E-state index in [0.29, 0.717) is 6.61 Å². The molecular weight excluding hydrogens is 160 g/mol. The fraction of sp³-hybridized carbons (Fsp3) is 1.00. The predicted molar refractivity (Wildman–Crippen MR) is 44.5 cm³/mol. The van der Waals surface area contributed by atoms with E-state index in [0.717, 1.165) is 0 Å². The van der Waals surface area contributed by atoms with Crippen LogP contribution in [0.2, 0.25) is 0 Å². The average Bonchev–Trinajstić information content (AvgIpc) is 2.11. The molecule has 0 radical (unpaired) electrons. The molecule has 4 heteroatoms. The second-order valence-electron chi connectivity index (χ2n) is 3.17. The lowest BCUT2D eigenvalue weighted by Crippen LogP contribution is -2.26. The lowest BCUT2D eigenvalue weighted by molar-refractivity contribution is -0.147. The minimum atomic E-state index is -0.941. The Morgan fingerprint density at radius 3 is 2.17 bits per heavy atom. The van der Waals surface area contributed by atoms with E-state index < -0.39 is 6.29 Å². The van der Waals surface area contributed by atoms with E-state index in [4.69, 9.17) is 14.9 Å². The number of rotatable bonds is 6. The highest BCUT2D eigenvalue weighted by Crippen LogP contribution is 2.05. The smallest absolute Gasteiger partial charge is 0.159 e. The summed E-state index contributed by atoms with van der Waals surface area (Å²) in [5, 5.41) is 26.5. The van der Waals surface area contributed by atoms with Gasteiger partial charge in [0.2, 0.25) is 0 Å². The van der Waals surface area contributed by atoms with E-state index in [1.807, 2.05) is 6.92 Å². The van der Waals surface area contributed by atoms with Gasteiger partial charge in [-0.25, -0.2) is 0 Å². The van der Waals surface area contributed by atoms with Gasteiger partial charge in [-0.05, 0) is 0 Å². The van der Waals surface area contributed by atoms with Gasteiger partial charge in [0.15, 0.2) is 6.29 Å². The van der Waals surface area contributed by atoms with Gasteiger partial charge < -0.3 is 20.1 Å². The van der Waals surface area contributed by atoms with Gasteiger partial charge in [0.1, 0.15) is 0 Å². The molecule has 12 heavy (non-hydrogen) atoms. The normalized spacial score (nSPS) is 18.8. The first kappa shape index (κ1) is 11.8. The molecule has 0 aliphatic heterocycles. The van der Waals surface area contributed by atoms with Gasteiger partial charge in [0, 0.05) is 18.4 Å². The van der Waals surface area contributed by atoms with Crippen molar-refractivity contribution in [2.24, 2.45) is 11.8 Å². The van der Waals surface area contributed by atoms with Crippen LogP contribution in [0.25, 0.3) is 0 Å². The van der Waals surface area contributed by atoms with Gasteiger partial charge in [-0.1, -0.05) is 13.8 Å². The Balaban J connectivity index is 3.49. The molecule has 0 heterocycles. The van der Waals surface area contributed by atoms with Crippen molar-refractivity contribution in [2.45, 2.75) is 20.1 Å². The third kappa shape index (κ3) is 4.66. The van der Waals surface area contributed by atoms with Gasteiger partial charge in [-0.15, -0.1) is 0 Å². The molecule has 0 aromatic carbocycles. The molecule has 0 spiro atoms. The van der Waals surface area contributed by atoms with Crippen molar-refractivity contribution < 1.29 is 20.1 Å². The summed E-state index contributed by atoms with van der Waals surface area (Å²) in [6, 6.07) is 0. The van der Waals surface area contributed by atoms with E-state index in [1.54, 1.807) is 6.92 Å². The Labute approximate surface area is 72.8 Å². The maximum absolute atomic E-state index is 9.20. The van der Waals surface area contributed by atoms with E-state index in [9.17, 15) is 5.11 Å². The van der Waals surface area contributed by atoms with Crippen LogP contribution >= 0.6 is 0 Å². The van der Waals surface area contributed by atoms with Gasteiger partial charge in [-0.2, -0.15) is 0 Å². The summed E-state index contributed by atoms with van der Waals surface area (Å²) in [6.45, 7) is 3.75. The van der Waals surface area contributed by atoms with Crippen LogP contribution < -0.4 is 0 Å².